The summed E-state index contributed by atoms with van der Waals surface area (Å²) >= 11 is 0. The lowest BCUT2D eigenvalue weighted by molar-refractivity contribution is -0.385. The van der Waals surface area contributed by atoms with Crippen molar-refractivity contribution in [2.75, 3.05) is 99.0 Å². The van der Waals surface area contributed by atoms with E-state index in [-0.39, 0.29) is 24.8 Å². The monoisotopic (exact) mass is 896 g/mol. The number of hydrogen-bond acceptors (Lipinski definition) is 18. The summed E-state index contributed by atoms with van der Waals surface area (Å²) in [5.41, 5.74) is 8.58. The summed E-state index contributed by atoms with van der Waals surface area (Å²) < 4.78 is 13.8. The van der Waals surface area contributed by atoms with E-state index in [9.17, 15) is 39.9 Å². The van der Waals surface area contributed by atoms with E-state index in [1.165, 1.54) is 17.8 Å². The number of rotatable bonds is 7. The van der Waals surface area contributed by atoms with Gasteiger partial charge < -0.3 is 59.6 Å². The van der Waals surface area contributed by atoms with Crippen LogP contribution in [0.5, 0.6) is 0 Å². The van der Waals surface area contributed by atoms with Crippen molar-refractivity contribution in [3.63, 3.8) is 0 Å². The lowest BCUT2D eigenvalue weighted by Crippen LogP contribution is -2.51. The number of non-ortho nitro benzene ring substituents is 2. The molecule has 0 bridgehead atoms. The zero-order valence-corrected chi connectivity index (χ0v) is 38.3. The second-order valence-corrected chi connectivity index (χ2v) is 17.2. The Bertz CT molecular complexity index is 1880. The average Bonchev–Trinajstić information content (AvgIpc) is 3.23. The second kappa shape index (κ2) is 25.0. The van der Waals surface area contributed by atoms with Gasteiger partial charge in [-0.1, -0.05) is 0 Å². The Hall–Kier alpha value is -5.67. The fourth-order valence-electron chi connectivity index (χ4n) is 6.50. The largest absolute Gasteiger partial charge is 0.519 e. The number of piperazine rings is 3. The first-order chi connectivity index (χ1) is 30.0. The zero-order chi connectivity index (χ0) is 47.6. The molecule has 3 aliphatic rings. The first kappa shape index (κ1) is 52.7. The van der Waals surface area contributed by atoms with Crippen molar-refractivity contribution in [1.29, 1.82) is 0 Å². The number of nitro benzene ring substituents is 2. The number of nitrogens with zero attached hydrogens (tertiary/aromatic N) is 7. The van der Waals surface area contributed by atoms with Crippen molar-refractivity contribution in [1.82, 2.24) is 14.9 Å². The minimum absolute atomic E-state index is 0. The van der Waals surface area contributed by atoms with Crippen molar-refractivity contribution in [2.24, 2.45) is 0 Å². The summed E-state index contributed by atoms with van der Waals surface area (Å²) in [5.74, 6) is 0. The van der Waals surface area contributed by atoms with Gasteiger partial charge in [0.1, 0.15) is 11.2 Å². The fourth-order valence-corrected chi connectivity index (χ4v) is 6.50. The van der Waals surface area contributed by atoms with Gasteiger partial charge >= 0.3 is 26.4 Å². The van der Waals surface area contributed by atoms with Gasteiger partial charge in [0.15, 0.2) is 0 Å². The van der Waals surface area contributed by atoms with E-state index in [0.29, 0.717) is 0 Å². The number of hydrogen-bond donors (Lipinski definition) is 4. The molecule has 3 aromatic carbocycles. The number of nitrogen functional groups attached to an aromatic ring is 1. The van der Waals surface area contributed by atoms with E-state index < -0.39 is 35.5 Å². The third-order valence-electron chi connectivity index (χ3n) is 9.86. The minimum Gasteiger partial charge on any atom is -0.437 e. The van der Waals surface area contributed by atoms with Gasteiger partial charge in [0, 0.05) is 127 Å². The van der Waals surface area contributed by atoms with E-state index in [4.69, 9.17) is 15.2 Å². The SMILES string of the molecule is CB(O)N1CCN(c2ccc(N)cc2)CC1.CB(O)N1CCN(c2ccc([N+](=O)[O-])cc2)CC1.CC(C)(C)OC(=O)OC(=O)OC(C)(C)C.O=[N+]([O-])c1ccc(N2CCNCC2)cc1.[HH]. The van der Waals surface area contributed by atoms with E-state index in [1.54, 1.807) is 72.6 Å². The molecule has 0 unspecified atom stereocenters. The third kappa shape index (κ3) is 19.4. The van der Waals surface area contributed by atoms with Gasteiger partial charge in [-0.25, -0.2) is 9.59 Å². The van der Waals surface area contributed by atoms with Crippen molar-refractivity contribution >= 4 is 60.5 Å². The van der Waals surface area contributed by atoms with Crippen LogP contribution in [0.4, 0.5) is 43.7 Å². The molecule has 6 rings (SSSR count). The van der Waals surface area contributed by atoms with Crippen molar-refractivity contribution < 1.29 is 45.1 Å². The number of ether oxygens (including phenoxy) is 3. The van der Waals surface area contributed by atoms with Crippen molar-refractivity contribution in [3.8, 4) is 0 Å². The van der Waals surface area contributed by atoms with Crippen LogP contribution in [0.2, 0.25) is 13.6 Å². The molecule has 0 aliphatic carbocycles. The average molecular weight is 896 g/mol. The third-order valence-corrected chi connectivity index (χ3v) is 9.86. The molecule has 64 heavy (non-hydrogen) atoms. The molecule has 3 saturated heterocycles. The van der Waals surface area contributed by atoms with Crippen LogP contribution in [0.15, 0.2) is 72.8 Å². The Labute approximate surface area is 378 Å². The summed E-state index contributed by atoms with van der Waals surface area (Å²) in [6, 6.07) is 21.3. The molecule has 3 heterocycles. The summed E-state index contributed by atoms with van der Waals surface area (Å²) in [6.07, 6.45) is -2.12. The Morgan fingerprint density at radius 3 is 1.17 bits per heavy atom. The maximum Gasteiger partial charge on any atom is 0.519 e. The van der Waals surface area contributed by atoms with E-state index in [1.807, 2.05) is 48.0 Å². The molecule has 3 aromatic rings. The van der Waals surface area contributed by atoms with Gasteiger partial charge in [-0.3, -0.25) is 20.2 Å². The summed E-state index contributed by atoms with van der Waals surface area (Å²) in [6.45, 7) is 24.4. The van der Waals surface area contributed by atoms with Gasteiger partial charge in [-0.2, -0.15) is 0 Å². The number of anilines is 4. The Kier molecular flexibility index (Phi) is 20.6. The maximum atomic E-state index is 11.0. The molecule has 0 spiro atoms. The molecule has 3 fully saturated rings. The van der Waals surface area contributed by atoms with Crippen LogP contribution in [-0.4, -0.2) is 146 Å². The topological polar surface area (TPSA) is 243 Å². The van der Waals surface area contributed by atoms with Crippen LogP contribution < -0.4 is 25.8 Å². The van der Waals surface area contributed by atoms with Crippen LogP contribution in [0, 0.1) is 20.2 Å². The van der Waals surface area contributed by atoms with Gasteiger partial charge in [-0.05, 0) is 104 Å². The van der Waals surface area contributed by atoms with Crippen LogP contribution in [0.25, 0.3) is 0 Å². The lowest BCUT2D eigenvalue weighted by atomic mass is 9.84. The molecular formula is C42H67B2N9O11. The molecule has 20 nitrogen and oxygen atoms in total. The standard InChI is InChI=1S/C11H16BN3O3.C11H18BN3O.C10H13N3O2.C10H18O5.H2/c1-12(16)14-8-6-13(7-9-14)10-2-4-11(5-3-10)15(17)18;1-12(16)15-8-6-14(7-9-15)11-4-2-10(13)3-5-11;14-13(15)10-3-1-9(2-4-10)12-7-5-11-6-8-12;1-9(2,3)14-7(11)13-8(12)15-10(4,5)6;/h2-5,16H,6-9H2,1H3;2-5,16H,6-9,13H2,1H3;1-4,11H,5-8H2;1-6H3;1H. The molecule has 0 aromatic heterocycles. The van der Waals surface area contributed by atoms with Gasteiger partial charge in [0.05, 0.1) is 9.85 Å². The number of nitrogens with one attached hydrogen (secondary N) is 1. The molecule has 22 heteroatoms. The lowest BCUT2D eigenvalue weighted by Gasteiger charge is -2.36. The molecule has 0 atom stereocenters. The zero-order valence-electron chi connectivity index (χ0n) is 38.3. The first-order valence-electron chi connectivity index (χ1n) is 21.3. The number of benzene rings is 3. The van der Waals surface area contributed by atoms with Gasteiger partial charge in [0.2, 0.25) is 0 Å². The highest BCUT2D eigenvalue weighted by atomic mass is 16.8. The molecule has 0 saturated carbocycles. The molecule has 5 N–H and O–H groups in total. The summed E-state index contributed by atoms with van der Waals surface area (Å²) in [7, 11) is -0.752. The van der Waals surface area contributed by atoms with E-state index in [0.717, 1.165) is 95.6 Å². The highest BCUT2D eigenvalue weighted by molar-refractivity contribution is 6.45. The second-order valence-electron chi connectivity index (χ2n) is 17.2. The number of carbonyl (C=O) groups is 2. The van der Waals surface area contributed by atoms with Crippen LogP contribution in [0.1, 0.15) is 43.0 Å². The van der Waals surface area contributed by atoms with Gasteiger partial charge in [0.25, 0.3) is 11.4 Å². The predicted molar refractivity (Wildman–Crippen MR) is 253 cm³/mol. The smallest absolute Gasteiger partial charge is 0.437 e. The fraction of sp³-hybridized carbons (Fsp3) is 0.524. The highest BCUT2D eigenvalue weighted by Crippen LogP contribution is 2.22. The summed E-state index contributed by atoms with van der Waals surface area (Å²) in [4.78, 5) is 53.1. The van der Waals surface area contributed by atoms with E-state index >= 15 is 0 Å². The van der Waals surface area contributed by atoms with Crippen molar-refractivity contribution in [2.45, 2.75) is 66.4 Å². The van der Waals surface area contributed by atoms with Crippen LogP contribution in [-0.2, 0) is 14.2 Å². The highest BCUT2D eigenvalue weighted by Gasteiger charge is 2.26. The number of nitrogens with two attached hydrogens (primary N) is 1. The quantitative estimate of drug-likeness (QED) is 0.0575. The Morgan fingerprint density at radius 2 is 0.891 bits per heavy atom. The number of carbonyl (C=O) groups excluding carboxylic acids is 2. The molecule has 0 amide bonds. The molecule has 352 valence electrons. The Balaban J connectivity index is 0.000000297. The molecular weight excluding hydrogens is 828 g/mol. The van der Waals surface area contributed by atoms with Crippen LogP contribution >= 0.6 is 0 Å². The van der Waals surface area contributed by atoms with Crippen molar-refractivity contribution in [3.05, 3.63) is 93.0 Å². The van der Waals surface area contributed by atoms with Crippen LogP contribution in [0.3, 0.4) is 0 Å². The maximum absolute atomic E-state index is 11.0. The van der Waals surface area contributed by atoms with Gasteiger partial charge in [-0.15, -0.1) is 0 Å². The molecule has 0 radical (unpaired) electrons. The normalized spacial score (nSPS) is 15.7. The summed E-state index contributed by atoms with van der Waals surface area (Å²) in [5, 5.41) is 43.2. The predicted octanol–water partition coefficient (Wildman–Crippen LogP) is 5.45. The Morgan fingerprint density at radius 1 is 0.594 bits per heavy atom. The van der Waals surface area contributed by atoms with E-state index in [2.05, 4.69) is 29.6 Å². The number of nitro groups is 2. The minimum atomic E-state index is -1.06. The molecule has 3 aliphatic heterocycles. The first-order valence-corrected chi connectivity index (χ1v) is 21.3.